The van der Waals surface area contributed by atoms with Crippen LogP contribution in [0.3, 0.4) is 0 Å². The molecule has 0 aliphatic carbocycles. The van der Waals surface area contributed by atoms with E-state index >= 15 is 0 Å². The zero-order valence-electron chi connectivity index (χ0n) is 8.60. The predicted octanol–water partition coefficient (Wildman–Crippen LogP) is 3.69. The van der Waals surface area contributed by atoms with Crippen LogP contribution in [0, 0.1) is 0 Å². The number of carbonyl (C=O) groups excluding carboxylic acids is 1. The van der Waals surface area contributed by atoms with Crippen LogP contribution in [0.25, 0.3) is 16.8 Å². The molecule has 0 saturated heterocycles. The van der Waals surface area contributed by atoms with E-state index in [0.29, 0.717) is 0 Å². The summed E-state index contributed by atoms with van der Waals surface area (Å²) in [5.41, 5.74) is 1.90. The van der Waals surface area contributed by atoms with Crippen molar-refractivity contribution < 1.29 is 4.79 Å². The lowest BCUT2D eigenvalue weighted by molar-refractivity contribution is 0.112. The summed E-state index contributed by atoms with van der Waals surface area (Å²) in [5.74, 6) is 0. The van der Waals surface area contributed by atoms with Gasteiger partial charge in [-0.2, -0.15) is 0 Å². The molecular weight excluding hydrogens is 184 g/mol. The van der Waals surface area contributed by atoms with Crippen molar-refractivity contribution in [2.75, 3.05) is 0 Å². The third-order valence-electron chi connectivity index (χ3n) is 2.46. The molecule has 2 aromatic rings. The quantitative estimate of drug-likeness (QED) is 0.669. The number of rotatable bonds is 2. The van der Waals surface area contributed by atoms with Crippen LogP contribution < -0.4 is 0 Å². The molecule has 0 heterocycles. The van der Waals surface area contributed by atoms with Crippen molar-refractivity contribution in [3.8, 4) is 0 Å². The van der Waals surface area contributed by atoms with Gasteiger partial charge in [0.2, 0.25) is 0 Å². The number of benzene rings is 2. The highest BCUT2D eigenvalue weighted by molar-refractivity contribution is 6.01. The smallest absolute Gasteiger partial charge is 0.150 e. The number of allylic oxidation sites excluding steroid dienone is 1. The highest BCUT2D eigenvalue weighted by Crippen LogP contribution is 2.22. The van der Waals surface area contributed by atoms with Crippen LogP contribution in [-0.4, -0.2) is 6.29 Å². The summed E-state index contributed by atoms with van der Waals surface area (Å²) in [6.07, 6.45) is 4.96. The molecular formula is C14H12O. The molecule has 0 aliphatic rings. The van der Waals surface area contributed by atoms with E-state index in [1.54, 1.807) is 0 Å². The summed E-state index contributed by atoms with van der Waals surface area (Å²) in [5, 5.41) is 2.14. The molecule has 1 heteroatoms. The molecule has 0 saturated carbocycles. The zero-order valence-corrected chi connectivity index (χ0v) is 8.60. The molecule has 0 atom stereocenters. The first-order chi connectivity index (χ1) is 7.36. The first-order valence-corrected chi connectivity index (χ1v) is 4.96. The Balaban J connectivity index is 2.82. The van der Waals surface area contributed by atoms with Gasteiger partial charge in [-0.05, 0) is 23.3 Å². The maximum atomic E-state index is 10.9. The normalized spacial score (nSPS) is 11.0. The largest absolute Gasteiger partial charge is 0.298 e. The lowest BCUT2D eigenvalue weighted by Crippen LogP contribution is -1.85. The second-order valence-electron chi connectivity index (χ2n) is 3.41. The maximum absolute atomic E-state index is 10.9. The van der Waals surface area contributed by atoms with Crippen molar-refractivity contribution in [3.63, 3.8) is 0 Å². The fourth-order valence-electron chi connectivity index (χ4n) is 1.77. The maximum Gasteiger partial charge on any atom is 0.150 e. The molecule has 2 aromatic carbocycles. The number of fused-ring (bicyclic) bond motifs is 1. The van der Waals surface area contributed by atoms with Gasteiger partial charge in [0.1, 0.15) is 0 Å². The van der Waals surface area contributed by atoms with E-state index in [4.69, 9.17) is 0 Å². The number of hydrogen-bond acceptors (Lipinski definition) is 1. The predicted molar refractivity (Wildman–Crippen MR) is 64.0 cm³/mol. The van der Waals surface area contributed by atoms with Gasteiger partial charge in [-0.3, -0.25) is 4.79 Å². The lowest BCUT2D eigenvalue weighted by atomic mass is 10.00. The van der Waals surface area contributed by atoms with Gasteiger partial charge in [0.25, 0.3) is 0 Å². The van der Waals surface area contributed by atoms with Gasteiger partial charge in [-0.15, -0.1) is 0 Å². The number of hydrogen-bond donors (Lipinski definition) is 0. The first-order valence-electron chi connectivity index (χ1n) is 4.96. The van der Waals surface area contributed by atoms with Gasteiger partial charge in [-0.25, -0.2) is 0 Å². The Morgan fingerprint density at radius 2 is 1.53 bits per heavy atom. The Labute approximate surface area is 89.0 Å². The molecule has 0 bridgehead atoms. The minimum atomic E-state index is 0.749. The molecule has 0 N–H and O–H groups in total. The van der Waals surface area contributed by atoms with E-state index in [0.717, 1.165) is 28.2 Å². The van der Waals surface area contributed by atoms with E-state index in [2.05, 4.69) is 6.08 Å². The number of aldehydes is 1. The van der Waals surface area contributed by atoms with Gasteiger partial charge in [-0.1, -0.05) is 48.6 Å². The number of carbonyl (C=O) groups is 1. The minimum absolute atomic E-state index is 0.749. The second-order valence-corrected chi connectivity index (χ2v) is 3.41. The molecule has 0 unspecified atom stereocenters. The Morgan fingerprint density at radius 3 is 2.13 bits per heavy atom. The fourth-order valence-corrected chi connectivity index (χ4v) is 1.77. The van der Waals surface area contributed by atoms with Crippen LogP contribution in [0.4, 0.5) is 0 Å². The fraction of sp³-hybridized carbons (Fsp3) is 0.0714. The van der Waals surface area contributed by atoms with E-state index in [-0.39, 0.29) is 0 Å². The Kier molecular flexibility index (Phi) is 2.64. The highest BCUT2D eigenvalue weighted by Gasteiger charge is 2.01. The molecule has 0 amide bonds. The highest BCUT2D eigenvalue weighted by atomic mass is 16.1. The van der Waals surface area contributed by atoms with Crippen molar-refractivity contribution >= 4 is 23.1 Å². The molecule has 1 nitrogen and oxygen atoms in total. The second kappa shape index (κ2) is 4.09. The van der Waals surface area contributed by atoms with Crippen molar-refractivity contribution in [1.29, 1.82) is 0 Å². The zero-order chi connectivity index (χ0) is 10.7. The molecule has 0 aromatic heterocycles. The van der Waals surface area contributed by atoms with Crippen LogP contribution in [0.5, 0.6) is 0 Å². The summed E-state index contributed by atoms with van der Waals surface area (Å²) in [7, 11) is 0. The Hall–Kier alpha value is -1.89. The van der Waals surface area contributed by atoms with Gasteiger partial charge < -0.3 is 0 Å². The van der Waals surface area contributed by atoms with Crippen LogP contribution in [0.2, 0.25) is 0 Å². The first kappa shape index (κ1) is 9.66. The lowest BCUT2D eigenvalue weighted by Gasteiger charge is -2.04. The molecule has 0 aliphatic heterocycles. The molecule has 0 spiro atoms. The topological polar surface area (TPSA) is 17.1 Å². The van der Waals surface area contributed by atoms with Gasteiger partial charge in [0.05, 0.1) is 0 Å². The van der Waals surface area contributed by atoms with Gasteiger partial charge >= 0.3 is 0 Å². The van der Waals surface area contributed by atoms with Gasteiger partial charge in [0, 0.05) is 5.56 Å². The van der Waals surface area contributed by atoms with E-state index in [1.807, 2.05) is 49.4 Å². The summed E-state index contributed by atoms with van der Waals surface area (Å²) >= 11 is 0. The Bertz CT molecular complexity index is 524. The van der Waals surface area contributed by atoms with Crippen molar-refractivity contribution in [1.82, 2.24) is 0 Å². The van der Waals surface area contributed by atoms with Crippen molar-refractivity contribution in [3.05, 3.63) is 53.6 Å². The molecule has 15 heavy (non-hydrogen) atoms. The van der Waals surface area contributed by atoms with Gasteiger partial charge in [0.15, 0.2) is 6.29 Å². The van der Waals surface area contributed by atoms with Crippen molar-refractivity contribution in [2.45, 2.75) is 6.92 Å². The average Bonchev–Trinajstić information content (AvgIpc) is 2.30. The van der Waals surface area contributed by atoms with E-state index < -0.39 is 0 Å². The standard InChI is InChI=1S/C14H12O/c1-2-5-11-8-9-12(10-15)14-7-4-3-6-13(11)14/h2-10H,1H3/b5-2+. The van der Waals surface area contributed by atoms with E-state index in [9.17, 15) is 4.79 Å². The third kappa shape index (κ3) is 1.68. The summed E-state index contributed by atoms with van der Waals surface area (Å²) in [6, 6.07) is 11.8. The molecule has 74 valence electrons. The minimum Gasteiger partial charge on any atom is -0.298 e. The average molecular weight is 196 g/mol. The van der Waals surface area contributed by atoms with Crippen LogP contribution in [-0.2, 0) is 0 Å². The van der Waals surface area contributed by atoms with Crippen LogP contribution in [0.1, 0.15) is 22.8 Å². The summed E-state index contributed by atoms with van der Waals surface area (Å²) in [6.45, 7) is 1.99. The van der Waals surface area contributed by atoms with E-state index in [1.165, 1.54) is 0 Å². The summed E-state index contributed by atoms with van der Waals surface area (Å²) in [4.78, 5) is 10.9. The van der Waals surface area contributed by atoms with Crippen molar-refractivity contribution in [2.24, 2.45) is 0 Å². The van der Waals surface area contributed by atoms with Crippen LogP contribution >= 0.6 is 0 Å². The third-order valence-corrected chi connectivity index (χ3v) is 2.46. The SMILES string of the molecule is C/C=C/c1ccc(C=O)c2ccccc12. The molecule has 0 radical (unpaired) electrons. The monoisotopic (exact) mass is 196 g/mol. The molecule has 0 fully saturated rings. The molecule has 2 rings (SSSR count). The Morgan fingerprint density at radius 1 is 0.933 bits per heavy atom. The summed E-state index contributed by atoms with van der Waals surface area (Å²) < 4.78 is 0. The van der Waals surface area contributed by atoms with Crippen LogP contribution in [0.15, 0.2) is 42.5 Å².